The Hall–Kier alpha value is -1.95. The van der Waals surface area contributed by atoms with Crippen molar-refractivity contribution in [2.24, 2.45) is 16.1 Å². The van der Waals surface area contributed by atoms with Gasteiger partial charge in [-0.2, -0.15) is 0 Å². The van der Waals surface area contributed by atoms with E-state index in [4.69, 9.17) is 17.3 Å². The van der Waals surface area contributed by atoms with E-state index in [1.165, 1.54) is 0 Å². The van der Waals surface area contributed by atoms with Crippen LogP contribution >= 0.6 is 11.6 Å². The van der Waals surface area contributed by atoms with Gasteiger partial charge in [-0.3, -0.25) is 9.79 Å². The van der Waals surface area contributed by atoms with E-state index in [-0.39, 0.29) is 11.9 Å². The number of hydrogen-bond donors (Lipinski definition) is 3. The molecule has 2 rings (SSSR count). The van der Waals surface area contributed by atoms with Gasteiger partial charge in [-0.25, -0.2) is 0 Å². The molecule has 1 unspecified atom stereocenters. The van der Waals surface area contributed by atoms with Gasteiger partial charge in [0.05, 0.1) is 12.0 Å². The third-order valence-electron chi connectivity index (χ3n) is 4.35. The molecule has 25 heavy (non-hydrogen) atoms. The minimum atomic E-state index is -0.662. The highest BCUT2D eigenvalue weighted by Crippen LogP contribution is 2.23. The zero-order valence-electron chi connectivity index (χ0n) is 15.2. The Morgan fingerprint density at radius 1 is 1.48 bits per heavy atom. The van der Waals surface area contributed by atoms with E-state index in [0.29, 0.717) is 6.54 Å². The molecule has 1 aliphatic rings. The molecule has 6 nitrogen and oxygen atoms in total. The maximum absolute atomic E-state index is 11.5. The molecule has 0 saturated carbocycles. The van der Waals surface area contributed by atoms with Crippen LogP contribution in [-0.4, -0.2) is 44.1 Å². The van der Waals surface area contributed by atoms with E-state index in [2.05, 4.69) is 26.6 Å². The lowest BCUT2D eigenvalue weighted by atomic mass is 9.93. The average Bonchev–Trinajstić information content (AvgIpc) is 3.01. The minimum absolute atomic E-state index is 0.286. The number of guanidine groups is 1. The number of nitrogens with two attached hydrogens (primary N) is 1. The maximum atomic E-state index is 11.5. The van der Waals surface area contributed by atoms with E-state index in [9.17, 15) is 4.79 Å². The van der Waals surface area contributed by atoms with E-state index in [1.54, 1.807) is 13.8 Å². The summed E-state index contributed by atoms with van der Waals surface area (Å²) in [6, 6.07) is 8.19. The van der Waals surface area contributed by atoms with Crippen LogP contribution in [0.15, 0.2) is 29.3 Å². The van der Waals surface area contributed by atoms with Crippen molar-refractivity contribution in [3.05, 3.63) is 29.3 Å². The Morgan fingerprint density at radius 3 is 2.88 bits per heavy atom. The van der Waals surface area contributed by atoms with Crippen molar-refractivity contribution >= 4 is 29.2 Å². The molecule has 0 bridgehead atoms. The number of halogens is 1. The maximum Gasteiger partial charge on any atom is 0.224 e. The Morgan fingerprint density at radius 2 is 2.24 bits per heavy atom. The minimum Gasteiger partial charge on any atom is -0.369 e. The van der Waals surface area contributed by atoms with E-state index >= 15 is 0 Å². The Bertz CT molecular complexity index is 632. The van der Waals surface area contributed by atoms with Crippen LogP contribution in [0.4, 0.5) is 5.69 Å². The highest BCUT2D eigenvalue weighted by molar-refractivity contribution is 6.30. The Labute approximate surface area is 154 Å². The molecule has 138 valence electrons. The largest absolute Gasteiger partial charge is 0.369 e. The fourth-order valence-corrected chi connectivity index (χ4v) is 2.84. The topological polar surface area (TPSA) is 82.7 Å². The number of carbonyl (C=O) groups is 1. The molecule has 0 aromatic heterocycles. The number of benzene rings is 1. The molecular weight excluding hydrogens is 338 g/mol. The van der Waals surface area contributed by atoms with Gasteiger partial charge in [-0.1, -0.05) is 17.7 Å². The summed E-state index contributed by atoms with van der Waals surface area (Å²) in [5, 5.41) is 7.43. The summed E-state index contributed by atoms with van der Waals surface area (Å²) in [6.45, 7) is 8.57. The summed E-state index contributed by atoms with van der Waals surface area (Å²) >= 11 is 6.09. The van der Waals surface area contributed by atoms with Gasteiger partial charge in [-0.05, 0) is 45.4 Å². The predicted octanol–water partition coefficient (Wildman–Crippen LogP) is 1.99. The molecule has 1 aliphatic heterocycles. The lowest BCUT2D eigenvalue weighted by molar-refractivity contribution is -0.125. The molecule has 1 atom stereocenters. The van der Waals surface area contributed by atoms with Gasteiger partial charge in [0.1, 0.15) is 0 Å². The fourth-order valence-electron chi connectivity index (χ4n) is 2.65. The van der Waals surface area contributed by atoms with Gasteiger partial charge in [0.25, 0.3) is 0 Å². The van der Waals surface area contributed by atoms with Gasteiger partial charge < -0.3 is 21.3 Å². The summed E-state index contributed by atoms with van der Waals surface area (Å²) in [5.74, 6) is 0.370. The molecule has 0 aliphatic carbocycles. The van der Waals surface area contributed by atoms with Crippen LogP contribution in [0.25, 0.3) is 0 Å². The number of nitrogens with one attached hydrogen (secondary N) is 2. The van der Waals surface area contributed by atoms with Crippen molar-refractivity contribution < 1.29 is 4.79 Å². The summed E-state index contributed by atoms with van der Waals surface area (Å²) in [6.07, 6.45) is 1.01. The lowest BCUT2D eigenvalue weighted by Gasteiger charge is -2.22. The molecule has 1 amide bonds. The van der Waals surface area contributed by atoms with Crippen LogP contribution in [-0.2, 0) is 4.79 Å². The molecule has 0 spiro atoms. The van der Waals surface area contributed by atoms with Crippen molar-refractivity contribution in [3.63, 3.8) is 0 Å². The number of amides is 1. The van der Waals surface area contributed by atoms with Gasteiger partial charge >= 0.3 is 0 Å². The van der Waals surface area contributed by atoms with Crippen molar-refractivity contribution in [2.75, 3.05) is 31.1 Å². The first kappa shape index (κ1) is 19.4. The number of anilines is 1. The average molecular weight is 366 g/mol. The Balaban J connectivity index is 1.97. The molecule has 1 fully saturated rings. The third-order valence-corrected chi connectivity index (χ3v) is 4.58. The summed E-state index contributed by atoms with van der Waals surface area (Å²) in [4.78, 5) is 18.3. The van der Waals surface area contributed by atoms with Crippen molar-refractivity contribution in [1.29, 1.82) is 0 Å². The van der Waals surface area contributed by atoms with Gasteiger partial charge in [0.15, 0.2) is 5.96 Å². The smallest absolute Gasteiger partial charge is 0.224 e. The van der Waals surface area contributed by atoms with Crippen molar-refractivity contribution in [3.8, 4) is 0 Å². The molecule has 1 saturated heterocycles. The summed E-state index contributed by atoms with van der Waals surface area (Å²) < 4.78 is 0. The number of carbonyl (C=O) groups excluding carboxylic acids is 1. The quantitative estimate of drug-likeness (QED) is 0.531. The standard InChI is InChI=1S/C18H28ClN5O/c1-4-21-17(22-12-18(2,3)16(20)25)23-14-8-9-24(11-14)15-7-5-6-13(19)10-15/h5-7,10,14H,4,8-9,11-12H2,1-3H3,(H2,20,25)(H2,21,22,23). The number of aliphatic imine (C=N–C) groups is 1. The second kappa shape index (κ2) is 8.43. The first-order valence-corrected chi connectivity index (χ1v) is 9.05. The Kier molecular flexibility index (Phi) is 6.53. The second-order valence-electron chi connectivity index (χ2n) is 7.00. The normalized spacial score (nSPS) is 18.3. The van der Waals surface area contributed by atoms with Crippen LogP contribution in [0.1, 0.15) is 27.2 Å². The highest BCUT2D eigenvalue weighted by Gasteiger charge is 2.26. The third kappa shape index (κ3) is 5.53. The fraction of sp³-hybridized carbons (Fsp3) is 0.556. The van der Waals surface area contributed by atoms with Gasteiger partial charge in [0, 0.05) is 36.4 Å². The zero-order valence-corrected chi connectivity index (χ0v) is 15.9. The van der Waals surface area contributed by atoms with Crippen LogP contribution < -0.4 is 21.3 Å². The van der Waals surface area contributed by atoms with Crippen LogP contribution in [0, 0.1) is 5.41 Å². The second-order valence-corrected chi connectivity index (χ2v) is 7.44. The molecule has 4 N–H and O–H groups in total. The molecule has 1 aromatic rings. The predicted molar refractivity (Wildman–Crippen MR) is 104 cm³/mol. The molecule has 0 radical (unpaired) electrons. The number of hydrogen-bond acceptors (Lipinski definition) is 3. The molecular formula is C18H28ClN5O. The molecule has 1 heterocycles. The monoisotopic (exact) mass is 365 g/mol. The van der Waals surface area contributed by atoms with E-state index < -0.39 is 5.41 Å². The van der Waals surface area contributed by atoms with E-state index in [0.717, 1.165) is 42.7 Å². The molecule has 1 aromatic carbocycles. The van der Waals surface area contributed by atoms with Gasteiger partial charge in [-0.15, -0.1) is 0 Å². The molecule has 7 heteroatoms. The summed E-state index contributed by atoms with van der Waals surface area (Å²) in [5.41, 5.74) is 5.89. The highest BCUT2D eigenvalue weighted by atomic mass is 35.5. The van der Waals surface area contributed by atoms with Crippen LogP contribution in [0.2, 0.25) is 5.02 Å². The van der Waals surface area contributed by atoms with Crippen LogP contribution in [0.3, 0.4) is 0 Å². The van der Waals surface area contributed by atoms with Gasteiger partial charge in [0.2, 0.25) is 5.91 Å². The van der Waals surface area contributed by atoms with Crippen LogP contribution in [0.5, 0.6) is 0 Å². The first-order valence-electron chi connectivity index (χ1n) is 8.67. The van der Waals surface area contributed by atoms with E-state index in [1.807, 2.05) is 25.1 Å². The zero-order chi connectivity index (χ0) is 18.4. The summed E-state index contributed by atoms with van der Waals surface area (Å²) in [7, 11) is 0. The number of primary amides is 1. The number of nitrogens with zero attached hydrogens (tertiary/aromatic N) is 2. The lowest BCUT2D eigenvalue weighted by Crippen LogP contribution is -2.45. The number of rotatable bonds is 6. The van der Waals surface area contributed by atoms with Crippen molar-refractivity contribution in [2.45, 2.75) is 33.2 Å². The van der Waals surface area contributed by atoms with Crippen molar-refractivity contribution in [1.82, 2.24) is 10.6 Å². The first-order chi connectivity index (χ1) is 11.8. The SMILES string of the molecule is CCNC(=NCC(C)(C)C(N)=O)NC1CCN(c2cccc(Cl)c2)C1.